The maximum atomic E-state index is 12.8. The Bertz CT molecular complexity index is 660. The highest BCUT2D eigenvalue weighted by atomic mass is 19.4. The van der Waals surface area contributed by atoms with Crippen molar-refractivity contribution in [3.05, 3.63) is 23.8 Å². The quantitative estimate of drug-likeness (QED) is 0.841. The first kappa shape index (κ1) is 19.9. The summed E-state index contributed by atoms with van der Waals surface area (Å²) in [5.74, 6) is 0.00358. The molecule has 150 valence electrons. The van der Waals surface area contributed by atoms with Gasteiger partial charge >= 0.3 is 6.18 Å². The normalized spacial score (nSPS) is 22.0. The van der Waals surface area contributed by atoms with Crippen LogP contribution in [0.1, 0.15) is 31.2 Å². The van der Waals surface area contributed by atoms with Crippen molar-refractivity contribution in [3.8, 4) is 5.75 Å². The molecule has 1 amide bonds. The van der Waals surface area contributed by atoms with Crippen molar-refractivity contribution >= 4 is 11.6 Å². The fraction of sp³-hybridized carbons (Fsp3) is 0.632. The van der Waals surface area contributed by atoms with Gasteiger partial charge in [-0.15, -0.1) is 0 Å². The number of carbonyl (C=O) groups is 1. The Morgan fingerprint density at radius 2 is 2.07 bits per heavy atom. The summed E-state index contributed by atoms with van der Waals surface area (Å²) in [6, 6.07) is 4.70. The van der Waals surface area contributed by atoms with Crippen molar-refractivity contribution < 1.29 is 27.4 Å². The standard InChI is InChI=1S/C19H25F3N2O3/c1-13-10-14(6-7-17(13)27-12-19(20,21)22)23-18(25)16-11-26-9-8-24(16)15-4-2-3-5-15/h6-7,10,15-16H,2-5,8-9,11-12H2,1H3,(H,23,25). The summed E-state index contributed by atoms with van der Waals surface area (Å²) >= 11 is 0. The van der Waals surface area contributed by atoms with E-state index in [1.54, 1.807) is 19.1 Å². The molecule has 3 rings (SSSR count). The van der Waals surface area contributed by atoms with Crippen LogP contribution >= 0.6 is 0 Å². The lowest BCUT2D eigenvalue weighted by atomic mass is 10.1. The third kappa shape index (κ3) is 5.35. The highest BCUT2D eigenvalue weighted by Crippen LogP contribution is 2.28. The molecule has 1 heterocycles. The summed E-state index contributed by atoms with van der Waals surface area (Å²) in [6.45, 7) is 2.04. The Morgan fingerprint density at radius 3 is 2.74 bits per heavy atom. The zero-order valence-electron chi connectivity index (χ0n) is 15.3. The molecule has 0 bridgehead atoms. The van der Waals surface area contributed by atoms with Crippen LogP contribution in [0.4, 0.5) is 18.9 Å². The summed E-state index contributed by atoms with van der Waals surface area (Å²) in [7, 11) is 0. The molecule has 1 saturated carbocycles. The van der Waals surface area contributed by atoms with Gasteiger partial charge < -0.3 is 14.8 Å². The second-order valence-corrected chi connectivity index (χ2v) is 7.14. The SMILES string of the molecule is Cc1cc(NC(=O)C2COCCN2C2CCCC2)ccc1OCC(F)(F)F. The highest BCUT2D eigenvalue weighted by Gasteiger charge is 2.35. The molecule has 1 unspecified atom stereocenters. The number of carbonyl (C=O) groups excluding carboxylic acids is 1. The lowest BCUT2D eigenvalue weighted by Crippen LogP contribution is -2.55. The van der Waals surface area contributed by atoms with Crippen LogP contribution in [0.15, 0.2) is 18.2 Å². The van der Waals surface area contributed by atoms with Crippen LogP contribution in [0, 0.1) is 6.92 Å². The molecular formula is C19H25F3N2O3. The number of morpholine rings is 1. The number of aryl methyl sites for hydroxylation is 1. The summed E-state index contributed by atoms with van der Waals surface area (Å²) in [5.41, 5.74) is 1.07. The number of hydrogen-bond donors (Lipinski definition) is 1. The van der Waals surface area contributed by atoms with Crippen molar-refractivity contribution in [1.82, 2.24) is 4.90 Å². The first-order valence-electron chi connectivity index (χ1n) is 9.28. The van der Waals surface area contributed by atoms with E-state index in [2.05, 4.69) is 10.2 Å². The van der Waals surface area contributed by atoms with E-state index in [0.717, 1.165) is 19.4 Å². The number of hydrogen-bond acceptors (Lipinski definition) is 4. The van der Waals surface area contributed by atoms with Crippen molar-refractivity contribution in [2.75, 3.05) is 31.7 Å². The fourth-order valence-electron chi connectivity index (χ4n) is 3.79. The lowest BCUT2D eigenvalue weighted by Gasteiger charge is -2.38. The molecule has 1 saturated heterocycles. The van der Waals surface area contributed by atoms with Gasteiger partial charge in [-0.05, 0) is 43.5 Å². The van der Waals surface area contributed by atoms with E-state index < -0.39 is 12.8 Å². The number of ether oxygens (including phenoxy) is 2. The van der Waals surface area contributed by atoms with E-state index in [4.69, 9.17) is 9.47 Å². The molecule has 1 aliphatic carbocycles. The minimum Gasteiger partial charge on any atom is -0.484 e. The molecule has 5 nitrogen and oxygen atoms in total. The minimum absolute atomic E-state index is 0.148. The zero-order valence-corrected chi connectivity index (χ0v) is 15.3. The van der Waals surface area contributed by atoms with E-state index in [9.17, 15) is 18.0 Å². The van der Waals surface area contributed by atoms with E-state index in [-0.39, 0.29) is 17.7 Å². The Kier molecular flexibility index (Phi) is 6.26. The minimum atomic E-state index is -4.38. The lowest BCUT2D eigenvalue weighted by molar-refractivity contribution is -0.153. The average molecular weight is 386 g/mol. The molecular weight excluding hydrogens is 361 g/mol. The number of alkyl halides is 3. The number of nitrogens with zero attached hydrogens (tertiary/aromatic N) is 1. The third-order valence-corrected chi connectivity index (χ3v) is 5.10. The maximum absolute atomic E-state index is 12.8. The third-order valence-electron chi connectivity index (χ3n) is 5.10. The molecule has 1 N–H and O–H groups in total. The van der Waals surface area contributed by atoms with E-state index in [1.807, 2.05) is 0 Å². The molecule has 1 atom stereocenters. The van der Waals surface area contributed by atoms with Gasteiger partial charge in [-0.1, -0.05) is 12.8 Å². The van der Waals surface area contributed by atoms with Gasteiger partial charge in [0.2, 0.25) is 5.91 Å². The maximum Gasteiger partial charge on any atom is 0.422 e. The van der Waals surface area contributed by atoms with Gasteiger partial charge in [0.05, 0.1) is 13.2 Å². The van der Waals surface area contributed by atoms with Crippen molar-refractivity contribution in [1.29, 1.82) is 0 Å². The van der Waals surface area contributed by atoms with Gasteiger partial charge in [-0.2, -0.15) is 13.2 Å². The van der Waals surface area contributed by atoms with Crippen molar-refractivity contribution in [2.24, 2.45) is 0 Å². The fourth-order valence-corrected chi connectivity index (χ4v) is 3.79. The monoisotopic (exact) mass is 386 g/mol. The van der Waals surface area contributed by atoms with Crippen LogP contribution in [0.5, 0.6) is 5.75 Å². The molecule has 1 aromatic rings. The van der Waals surface area contributed by atoms with Crippen molar-refractivity contribution in [3.63, 3.8) is 0 Å². The van der Waals surface area contributed by atoms with Gasteiger partial charge in [0.25, 0.3) is 0 Å². The van der Waals surface area contributed by atoms with Gasteiger partial charge in [0.1, 0.15) is 11.8 Å². The average Bonchev–Trinajstić information content (AvgIpc) is 3.14. The number of halogens is 3. The van der Waals surface area contributed by atoms with Gasteiger partial charge in [-0.3, -0.25) is 9.69 Å². The Balaban J connectivity index is 1.63. The molecule has 1 aromatic carbocycles. The van der Waals surface area contributed by atoms with Crippen LogP contribution in [0.25, 0.3) is 0 Å². The number of anilines is 1. The molecule has 2 fully saturated rings. The Labute approximate surface area is 156 Å². The smallest absolute Gasteiger partial charge is 0.422 e. The molecule has 1 aliphatic heterocycles. The second kappa shape index (κ2) is 8.48. The molecule has 0 aromatic heterocycles. The second-order valence-electron chi connectivity index (χ2n) is 7.14. The zero-order chi connectivity index (χ0) is 19.4. The van der Waals surface area contributed by atoms with E-state index in [0.29, 0.717) is 30.5 Å². The van der Waals surface area contributed by atoms with Gasteiger partial charge in [-0.25, -0.2) is 0 Å². The highest BCUT2D eigenvalue weighted by molar-refractivity contribution is 5.95. The summed E-state index contributed by atoms with van der Waals surface area (Å²) < 4.78 is 47.2. The molecule has 8 heteroatoms. The van der Waals surface area contributed by atoms with Crippen molar-refractivity contribution in [2.45, 2.75) is 50.9 Å². The van der Waals surface area contributed by atoms with Gasteiger partial charge in [0, 0.05) is 18.3 Å². The predicted octanol–water partition coefficient (Wildman–Crippen LogP) is 3.52. The Hall–Kier alpha value is -1.80. The topological polar surface area (TPSA) is 50.8 Å². The van der Waals surface area contributed by atoms with Crippen LogP contribution in [0.2, 0.25) is 0 Å². The van der Waals surface area contributed by atoms with Crippen LogP contribution in [0.3, 0.4) is 0 Å². The summed E-state index contributed by atoms with van der Waals surface area (Å²) in [6.07, 6.45) is 0.205. The molecule has 27 heavy (non-hydrogen) atoms. The number of nitrogens with one attached hydrogen (secondary N) is 1. The van der Waals surface area contributed by atoms with Crippen LogP contribution < -0.4 is 10.1 Å². The predicted molar refractivity (Wildman–Crippen MR) is 94.9 cm³/mol. The Morgan fingerprint density at radius 1 is 1.33 bits per heavy atom. The van der Waals surface area contributed by atoms with E-state index >= 15 is 0 Å². The summed E-state index contributed by atoms with van der Waals surface area (Å²) in [5, 5.41) is 2.87. The molecule has 0 radical (unpaired) electrons. The van der Waals surface area contributed by atoms with Gasteiger partial charge in [0.15, 0.2) is 6.61 Å². The largest absolute Gasteiger partial charge is 0.484 e. The molecule has 0 spiro atoms. The first-order valence-corrected chi connectivity index (χ1v) is 9.28. The van der Waals surface area contributed by atoms with E-state index in [1.165, 1.54) is 18.9 Å². The first-order chi connectivity index (χ1) is 12.8. The number of benzene rings is 1. The molecule has 2 aliphatic rings. The number of rotatable bonds is 5. The van der Waals surface area contributed by atoms with Crippen LogP contribution in [-0.2, 0) is 9.53 Å². The van der Waals surface area contributed by atoms with Crippen LogP contribution in [-0.4, -0.2) is 55.4 Å². The summed E-state index contributed by atoms with van der Waals surface area (Å²) in [4.78, 5) is 15.0. The number of amides is 1.